The summed E-state index contributed by atoms with van der Waals surface area (Å²) in [5.41, 5.74) is 11.3. The number of hydrogen-bond donors (Lipinski definition) is 2. The van der Waals surface area contributed by atoms with Crippen molar-refractivity contribution >= 4 is 5.91 Å². The summed E-state index contributed by atoms with van der Waals surface area (Å²) >= 11 is 0. The minimum Gasteiger partial charge on any atom is -0.381 e. The Balaban J connectivity index is 1.84. The predicted octanol–water partition coefficient (Wildman–Crippen LogP) is 1.16. The van der Waals surface area contributed by atoms with E-state index in [-0.39, 0.29) is 0 Å². The fourth-order valence-corrected chi connectivity index (χ4v) is 2.54. The third kappa shape index (κ3) is 4.27. The number of benzene rings is 1. The van der Waals surface area contributed by atoms with E-state index in [4.69, 9.17) is 20.9 Å². The van der Waals surface area contributed by atoms with Crippen molar-refractivity contribution in [2.45, 2.75) is 24.8 Å². The first kappa shape index (κ1) is 15.9. The van der Waals surface area contributed by atoms with E-state index in [9.17, 15) is 4.79 Å². The average Bonchev–Trinajstić information content (AvgIpc) is 2.53. The Kier molecular flexibility index (Phi) is 5.73. The normalized spacial score (nSPS) is 19.1. The highest BCUT2D eigenvalue weighted by molar-refractivity contribution is 5.85. The molecule has 1 amide bonds. The smallest absolute Gasteiger partial charge is 0.242 e. The lowest BCUT2D eigenvalue weighted by molar-refractivity contribution is -0.124. The van der Waals surface area contributed by atoms with Gasteiger partial charge in [-0.2, -0.15) is 0 Å². The molecular formula is C16H24N2O3. The van der Waals surface area contributed by atoms with Crippen LogP contribution in [0.2, 0.25) is 0 Å². The predicted molar refractivity (Wildman–Crippen MR) is 80.5 cm³/mol. The van der Waals surface area contributed by atoms with Crippen LogP contribution in [0.5, 0.6) is 0 Å². The van der Waals surface area contributed by atoms with Crippen LogP contribution in [0.1, 0.15) is 24.8 Å². The summed E-state index contributed by atoms with van der Waals surface area (Å²) in [5.74, 6) is 0.0135. The van der Waals surface area contributed by atoms with E-state index in [1.54, 1.807) is 0 Å². The van der Waals surface area contributed by atoms with Crippen molar-refractivity contribution in [2.24, 2.45) is 17.4 Å². The first-order chi connectivity index (χ1) is 10.1. The summed E-state index contributed by atoms with van der Waals surface area (Å²) in [6.07, 6.45) is 2.44. The van der Waals surface area contributed by atoms with E-state index in [1.165, 1.54) is 0 Å². The molecule has 4 N–H and O–H groups in total. The Morgan fingerprint density at radius 1 is 1.29 bits per heavy atom. The van der Waals surface area contributed by atoms with E-state index in [0.29, 0.717) is 25.6 Å². The van der Waals surface area contributed by atoms with Crippen LogP contribution in [0.3, 0.4) is 0 Å². The molecule has 1 aliphatic heterocycles. The van der Waals surface area contributed by atoms with Crippen LogP contribution in [0.15, 0.2) is 30.3 Å². The zero-order chi connectivity index (χ0) is 15.1. The molecule has 1 aliphatic rings. The van der Waals surface area contributed by atoms with Gasteiger partial charge in [0.2, 0.25) is 5.91 Å². The van der Waals surface area contributed by atoms with Gasteiger partial charge in [-0.1, -0.05) is 30.3 Å². The molecule has 21 heavy (non-hydrogen) atoms. The number of hydrogen-bond acceptors (Lipinski definition) is 4. The first-order valence-electron chi connectivity index (χ1n) is 7.43. The van der Waals surface area contributed by atoms with Gasteiger partial charge in [0.1, 0.15) is 5.54 Å². The van der Waals surface area contributed by atoms with Crippen molar-refractivity contribution in [1.82, 2.24) is 0 Å². The maximum atomic E-state index is 11.7. The van der Waals surface area contributed by atoms with Crippen LogP contribution in [0, 0.1) is 5.92 Å². The topological polar surface area (TPSA) is 87.6 Å². The Morgan fingerprint density at radius 3 is 2.57 bits per heavy atom. The Bertz CT molecular complexity index is 446. The Hall–Kier alpha value is -1.43. The SMILES string of the molecule is NC(=O)C(N)(CCOCC1CCOCC1)c1ccccc1. The van der Waals surface area contributed by atoms with Gasteiger partial charge in [0.25, 0.3) is 0 Å². The average molecular weight is 292 g/mol. The van der Waals surface area contributed by atoms with Gasteiger partial charge in [0, 0.05) is 32.8 Å². The molecule has 5 heteroatoms. The third-order valence-electron chi connectivity index (χ3n) is 4.06. The zero-order valence-electron chi connectivity index (χ0n) is 12.3. The largest absolute Gasteiger partial charge is 0.381 e. The van der Waals surface area contributed by atoms with Crippen molar-refractivity contribution in [3.63, 3.8) is 0 Å². The van der Waals surface area contributed by atoms with E-state index >= 15 is 0 Å². The lowest BCUT2D eigenvalue weighted by atomic mass is 9.87. The van der Waals surface area contributed by atoms with E-state index in [1.807, 2.05) is 30.3 Å². The van der Waals surface area contributed by atoms with Gasteiger partial charge in [0.05, 0.1) is 0 Å². The van der Waals surface area contributed by atoms with Crippen molar-refractivity contribution in [3.8, 4) is 0 Å². The van der Waals surface area contributed by atoms with Crippen molar-refractivity contribution in [1.29, 1.82) is 0 Å². The van der Waals surface area contributed by atoms with Crippen molar-refractivity contribution in [2.75, 3.05) is 26.4 Å². The lowest BCUT2D eigenvalue weighted by Crippen LogP contribution is -2.49. The second-order valence-corrected chi connectivity index (χ2v) is 5.58. The highest BCUT2D eigenvalue weighted by Crippen LogP contribution is 2.22. The number of amides is 1. The Labute approximate surface area is 125 Å². The quantitative estimate of drug-likeness (QED) is 0.738. The van der Waals surface area contributed by atoms with Crippen LogP contribution in [0.25, 0.3) is 0 Å². The molecule has 1 unspecified atom stereocenters. The fourth-order valence-electron chi connectivity index (χ4n) is 2.54. The summed E-state index contributed by atoms with van der Waals surface area (Å²) in [5, 5.41) is 0. The van der Waals surface area contributed by atoms with Crippen molar-refractivity contribution < 1.29 is 14.3 Å². The zero-order valence-corrected chi connectivity index (χ0v) is 12.3. The molecule has 0 aliphatic carbocycles. The summed E-state index contributed by atoms with van der Waals surface area (Å²) in [6.45, 7) is 2.72. The fraction of sp³-hybridized carbons (Fsp3) is 0.562. The molecule has 116 valence electrons. The molecule has 1 heterocycles. The van der Waals surface area contributed by atoms with Crippen LogP contribution < -0.4 is 11.5 Å². The standard InChI is InChI=1S/C16H24N2O3/c17-15(19)16(18,14-4-2-1-3-5-14)8-11-21-12-13-6-9-20-10-7-13/h1-5,13H,6-12,18H2,(H2,17,19). The number of carbonyl (C=O) groups excluding carboxylic acids is 1. The van der Waals surface area contributed by atoms with Gasteiger partial charge in [-0.3, -0.25) is 4.79 Å². The molecule has 0 bridgehead atoms. The van der Waals surface area contributed by atoms with E-state index in [2.05, 4.69) is 0 Å². The molecule has 1 saturated heterocycles. The number of primary amides is 1. The Morgan fingerprint density at radius 2 is 1.95 bits per heavy atom. The number of nitrogens with two attached hydrogens (primary N) is 2. The van der Waals surface area contributed by atoms with Gasteiger partial charge < -0.3 is 20.9 Å². The summed E-state index contributed by atoms with van der Waals surface area (Å²) in [4.78, 5) is 11.7. The van der Waals surface area contributed by atoms with Gasteiger partial charge in [-0.25, -0.2) is 0 Å². The molecule has 1 aromatic rings. The number of ether oxygens (including phenoxy) is 2. The van der Waals surface area contributed by atoms with Crippen molar-refractivity contribution in [3.05, 3.63) is 35.9 Å². The molecule has 5 nitrogen and oxygen atoms in total. The maximum Gasteiger partial charge on any atom is 0.242 e. The summed E-state index contributed by atoms with van der Waals surface area (Å²) in [7, 11) is 0. The first-order valence-corrected chi connectivity index (χ1v) is 7.43. The summed E-state index contributed by atoms with van der Waals surface area (Å²) in [6, 6.07) is 9.23. The van der Waals surface area contributed by atoms with Gasteiger partial charge in [-0.15, -0.1) is 0 Å². The van der Waals surface area contributed by atoms with Crippen LogP contribution in [-0.2, 0) is 19.8 Å². The van der Waals surface area contributed by atoms with Crippen LogP contribution in [0.4, 0.5) is 0 Å². The molecular weight excluding hydrogens is 268 g/mol. The third-order valence-corrected chi connectivity index (χ3v) is 4.06. The second kappa shape index (κ2) is 7.54. The molecule has 1 atom stereocenters. The molecule has 0 radical (unpaired) electrons. The van der Waals surface area contributed by atoms with Gasteiger partial charge >= 0.3 is 0 Å². The molecule has 0 spiro atoms. The van der Waals surface area contributed by atoms with E-state index < -0.39 is 11.4 Å². The highest BCUT2D eigenvalue weighted by Gasteiger charge is 2.33. The lowest BCUT2D eigenvalue weighted by Gasteiger charge is -2.27. The van der Waals surface area contributed by atoms with Crippen LogP contribution in [-0.4, -0.2) is 32.3 Å². The second-order valence-electron chi connectivity index (χ2n) is 5.58. The van der Waals surface area contributed by atoms with Gasteiger partial charge in [-0.05, 0) is 24.3 Å². The van der Waals surface area contributed by atoms with Gasteiger partial charge in [0.15, 0.2) is 0 Å². The number of rotatable bonds is 7. The minimum atomic E-state index is -1.17. The molecule has 0 saturated carbocycles. The highest BCUT2D eigenvalue weighted by atomic mass is 16.5. The minimum absolute atomic E-state index is 0.384. The van der Waals surface area contributed by atoms with Crippen LogP contribution >= 0.6 is 0 Å². The monoisotopic (exact) mass is 292 g/mol. The molecule has 2 rings (SSSR count). The maximum absolute atomic E-state index is 11.7. The number of carbonyl (C=O) groups is 1. The molecule has 1 aromatic carbocycles. The summed E-state index contributed by atoms with van der Waals surface area (Å²) < 4.78 is 11.0. The molecule has 1 fully saturated rings. The van der Waals surface area contributed by atoms with E-state index in [0.717, 1.165) is 31.6 Å². The molecule has 0 aromatic heterocycles.